The highest BCUT2D eigenvalue weighted by Crippen LogP contribution is 2.16. The molecule has 0 saturated heterocycles. The maximum atomic E-state index is 12.5. The summed E-state index contributed by atoms with van der Waals surface area (Å²) in [6.07, 6.45) is 3.25. The van der Waals surface area contributed by atoms with Gasteiger partial charge in [0.05, 0.1) is 0 Å². The number of thiocarbonyl (C=S) groups is 1. The van der Waals surface area contributed by atoms with Crippen LogP contribution < -0.4 is 0 Å². The standard InChI is InChI=1S/C15H10ClN3O2S/c16-12-3-1-11(2-4-12)15(20)19-13(22)9-21-14(18-19)10-5-7-17-8-6-10/h1-8H,9H2. The molecule has 0 bridgehead atoms. The zero-order valence-electron chi connectivity index (χ0n) is 11.3. The van der Waals surface area contributed by atoms with Gasteiger partial charge >= 0.3 is 0 Å². The molecule has 0 unspecified atom stereocenters. The Kier molecular flexibility index (Phi) is 4.13. The summed E-state index contributed by atoms with van der Waals surface area (Å²) in [7, 11) is 0. The van der Waals surface area contributed by atoms with E-state index in [2.05, 4.69) is 10.1 Å². The topological polar surface area (TPSA) is 54.8 Å². The quantitative estimate of drug-likeness (QED) is 0.794. The molecule has 5 nitrogen and oxygen atoms in total. The van der Waals surface area contributed by atoms with E-state index in [1.807, 2.05) is 0 Å². The molecule has 1 amide bonds. The third kappa shape index (κ3) is 2.98. The lowest BCUT2D eigenvalue weighted by atomic mass is 10.2. The maximum absolute atomic E-state index is 12.5. The average molecular weight is 332 g/mol. The van der Waals surface area contributed by atoms with Crippen molar-refractivity contribution in [3.05, 3.63) is 64.9 Å². The van der Waals surface area contributed by atoms with Crippen LogP contribution in [0.2, 0.25) is 5.02 Å². The lowest BCUT2D eigenvalue weighted by Gasteiger charge is -2.24. The molecule has 1 aromatic carbocycles. The molecule has 110 valence electrons. The van der Waals surface area contributed by atoms with E-state index in [0.29, 0.717) is 21.5 Å². The third-order valence-corrected chi connectivity index (χ3v) is 3.51. The number of aromatic nitrogens is 1. The van der Waals surface area contributed by atoms with E-state index in [1.54, 1.807) is 48.8 Å². The lowest BCUT2D eigenvalue weighted by molar-refractivity contribution is 0.0833. The Hall–Kier alpha value is -2.31. The van der Waals surface area contributed by atoms with Gasteiger partial charge in [-0.3, -0.25) is 9.78 Å². The summed E-state index contributed by atoms with van der Waals surface area (Å²) in [5.74, 6) is 0.00911. The van der Waals surface area contributed by atoms with Crippen LogP contribution in [0.1, 0.15) is 15.9 Å². The molecule has 0 aliphatic carbocycles. The molecule has 1 aromatic heterocycles. The van der Waals surface area contributed by atoms with Gasteiger partial charge in [0.25, 0.3) is 5.91 Å². The second-order valence-corrected chi connectivity index (χ2v) is 5.35. The van der Waals surface area contributed by atoms with Gasteiger partial charge in [-0.05, 0) is 36.4 Å². The average Bonchev–Trinajstić information content (AvgIpc) is 2.56. The van der Waals surface area contributed by atoms with Gasteiger partial charge in [-0.25, -0.2) is 0 Å². The van der Waals surface area contributed by atoms with Crippen molar-refractivity contribution < 1.29 is 9.53 Å². The number of rotatable bonds is 2. The SMILES string of the molecule is O=C(c1ccc(Cl)cc1)N1N=C(c2ccncc2)OCC1=S. The number of benzene rings is 1. The smallest absolute Gasteiger partial charge is 0.279 e. The van der Waals surface area contributed by atoms with Crippen molar-refractivity contribution in [1.29, 1.82) is 0 Å². The molecular weight excluding hydrogens is 322 g/mol. The van der Waals surface area contributed by atoms with E-state index in [0.717, 1.165) is 5.56 Å². The van der Waals surface area contributed by atoms with Crippen LogP contribution in [-0.4, -0.2) is 33.4 Å². The molecule has 3 rings (SSSR count). The van der Waals surface area contributed by atoms with Crippen LogP contribution in [0.5, 0.6) is 0 Å². The van der Waals surface area contributed by atoms with Gasteiger partial charge < -0.3 is 4.74 Å². The third-order valence-electron chi connectivity index (χ3n) is 2.97. The van der Waals surface area contributed by atoms with Crippen LogP contribution in [0.25, 0.3) is 0 Å². The van der Waals surface area contributed by atoms with Crippen LogP contribution in [0.4, 0.5) is 0 Å². The Morgan fingerprint density at radius 2 is 1.86 bits per heavy atom. The van der Waals surface area contributed by atoms with Gasteiger partial charge in [0.15, 0.2) is 0 Å². The number of amides is 1. The molecule has 0 spiro atoms. The molecule has 7 heteroatoms. The molecule has 1 aliphatic heterocycles. The Labute approximate surface area is 137 Å². The predicted octanol–water partition coefficient (Wildman–Crippen LogP) is 2.90. The van der Waals surface area contributed by atoms with Crippen LogP contribution in [-0.2, 0) is 4.74 Å². The number of halogens is 1. The Balaban J connectivity index is 1.92. The van der Waals surface area contributed by atoms with Crippen LogP contribution in [0, 0.1) is 0 Å². The minimum Gasteiger partial charge on any atom is -0.469 e. The minimum absolute atomic E-state index is 0.121. The van der Waals surface area contributed by atoms with E-state index in [1.165, 1.54) is 5.01 Å². The molecule has 0 radical (unpaired) electrons. The molecule has 22 heavy (non-hydrogen) atoms. The first kappa shape index (κ1) is 14.6. The first-order chi connectivity index (χ1) is 10.6. The first-order valence-corrected chi connectivity index (χ1v) is 7.18. The molecule has 2 heterocycles. The number of carbonyl (C=O) groups excluding carboxylic acids is 1. The number of pyridine rings is 1. The largest absolute Gasteiger partial charge is 0.469 e. The van der Waals surface area contributed by atoms with Crippen molar-refractivity contribution in [1.82, 2.24) is 9.99 Å². The zero-order chi connectivity index (χ0) is 15.5. The lowest BCUT2D eigenvalue weighted by Crippen LogP contribution is -2.39. The zero-order valence-corrected chi connectivity index (χ0v) is 12.8. The maximum Gasteiger partial charge on any atom is 0.279 e. The Bertz CT molecular complexity index is 747. The first-order valence-electron chi connectivity index (χ1n) is 6.40. The summed E-state index contributed by atoms with van der Waals surface area (Å²) in [6.45, 7) is 0.121. The summed E-state index contributed by atoms with van der Waals surface area (Å²) in [5, 5.41) is 5.94. The van der Waals surface area contributed by atoms with Crippen molar-refractivity contribution in [2.24, 2.45) is 5.10 Å². The van der Waals surface area contributed by atoms with E-state index in [-0.39, 0.29) is 12.5 Å². The van der Waals surface area contributed by atoms with Crippen LogP contribution >= 0.6 is 23.8 Å². The summed E-state index contributed by atoms with van der Waals surface area (Å²) in [5.41, 5.74) is 1.18. The minimum atomic E-state index is -0.323. The fourth-order valence-electron chi connectivity index (χ4n) is 1.88. The Morgan fingerprint density at radius 1 is 1.18 bits per heavy atom. The van der Waals surface area contributed by atoms with E-state index in [9.17, 15) is 4.79 Å². The summed E-state index contributed by atoms with van der Waals surface area (Å²) >= 11 is 11.0. The number of nitrogens with zero attached hydrogens (tertiary/aromatic N) is 3. The van der Waals surface area contributed by atoms with Crippen molar-refractivity contribution in [3.63, 3.8) is 0 Å². The van der Waals surface area contributed by atoms with Gasteiger partial charge in [-0.2, -0.15) is 5.01 Å². The number of ether oxygens (including phenoxy) is 1. The van der Waals surface area contributed by atoms with E-state index >= 15 is 0 Å². The fourth-order valence-corrected chi connectivity index (χ4v) is 2.18. The van der Waals surface area contributed by atoms with Crippen LogP contribution in [0.15, 0.2) is 53.9 Å². The molecule has 0 atom stereocenters. The summed E-state index contributed by atoms with van der Waals surface area (Å²) in [4.78, 5) is 16.8. The molecule has 0 fully saturated rings. The predicted molar refractivity (Wildman–Crippen MR) is 86.9 cm³/mol. The van der Waals surface area contributed by atoms with Gasteiger partial charge in [-0.1, -0.05) is 23.8 Å². The highest BCUT2D eigenvalue weighted by atomic mass is 35.5. The molecule has 2 aromatic rings. The highest BCUT2D eigenvalue weighted by Gasteiger charge is 2.26. The molecule has 0 saturated carbocycles. The monoisotopic (exact) mass is 331 g/mol. The molecule has 1 aliphatic rings. The number of carbonyl (C=O) groups is 1. The Morgan fingerprint density at radius 3 is 2.55 bits per heavy atom. The van der Waals surface area contributed by atoms with Gasteiger partial charge in [0.2, 0.25) is 5.90 Å². The molecule has 0 N–H and O–H groups in total. The van der Waals surface area contributed by atoms with Gasteiger partial charge in [0.1, 0.15) is 11.6 Å². The normalized spacial score (nSPS) is 14.3. The highest BCUT2D eigenvalue weighted by molar-refractivity contribution is 7.80. The molecular formula is C15H10ClN3O2S. The van der Waals surface area contributed by atoms with E-state index < -0.39 is 0 Å². The number of hydrazone groups is 1. The van der Waals surface area contributed by atoms with Crippen molar-refractivity contribution in [2.45, 2.75) is 0 Å². The van der Waals surface area contributed by atoms with Gasteiger partial charge in [0, 0.05) is 28.5 Å². The second kappa shape index (κ2) is 6.21. The van der Waals surface area contributed by atoms with Crippen molar-refractivity contribution >= 4 is 40.6 Å². The summed E-state index contributed by atoms with van der Waals surface area (Å²) in [6, 6.07) is 10.0. The fraction of sp³-hybridized carbons (Fsp3) is 0.0667. The number of hydrogen-bond acceptors (Lipinski definition) is 5. The second-order valence-electron chi connectivity index (χ2n) is 4.45. The van der Waals surface area contributed by atoms with Gasteiger partial charge in [-0.15, -0.1) is 5.10 Å². The number of hydrogen-bond donors (Lipinski definition) is 0. The van der Waals surface area contributed by atoms with Crippen LogP contribution in [0.3, 0.4) is 0 Å². The van der Waals surface area contributed by atoms with Crippen molar-refractivity contribution in [3.8, 4) is 0 Å². The summed E-state index contributed by atoms with van der Waals surface area (Å²) < 4.78 is 5.48. The van der Waals surface area contributed by atoms with Crippen molar-refractivity contribution in [2.75, 3.05) is 6.61 Å². The van der Waals surface area contributed by atoms with E-state index in [4.69, 9.17) is 28.6 Å².